The summed E-state index contributed by atoms with van der Waals surface area (Å²) in [6.07, 6.45) is 1.02. The summed E-state index contributed by atoms with van der Waals surface area (Å²) in [6, 6.07) is 13.8. The number of rotatable bonds is 4. The van der Waals surface area contributed by atoms with Crippen LogP contribution >= 0.6 is 35.6 Å². The van der Waals surface area contributed by atoms with Crippen LogP contribution in [0.1, 0.15) is 11.1 Å². The van der Waals surface area contributed by atoms with E-state index in [0.29, 0.717) is 27.6 Å². The van der Waals surface area contributed by atoms with Gasteiger partial charge in [-0.1, -0.05) is 42.0 Å². The van der Waals surface area contributed by atoms with Crippen LogP contribution in [0.3, 0.4) is 0 Å². The number of thiocarbonyl (C=S) groups is 1. The minimum atomic E-state index is 0.323. The topological polar surface area (TPSA) is 35.2 Å². The van der Waals surface area contributed by atoms with Crippen molar-refractivity contribution in [2.75, 3.05) is 6.61 Å². The van der Waals surface area contributed by atoms with Gasteiger partial charge >= 0.3 is 0 Å². The highest BCUT2D eigenvalue weighted by atomic mass is 35.5. The van der Waals surface area contributed by atoms with Gasteiger partial charge in [-0.2, -0.15) is 0 Å². The lowest BCUT2D eigenvalue weighted by molar-refractivity contribution is 0.317. The molecule has 0 amide bonds. The average molecular weight is 336 g/mol. The molecule has 2 nitrogen and oxygen atoms in total. The van der Waals surface area contributed by atoms with E-state index in [-0.39, 0.29) is 0 Å². The van der Waals surface area contributed by atoms with E-state index in [1.54, 1.807) is 18.2 Å². The van der Waals surface area contributed by atoms with E-state index in [0.717, 1.165) is 12.0 Å². The number of ether oxygens (including phenoxy) is 1. The fraction of sp³-hybridized carbons (Fsp3) is 0.188. The van der Waals surface area contributed by atoms with Crippen LogP contribution in [0.4, 0.5) is 0 Å². The summed E-state index contributed by atoms with van der Waals surface area (Å²) in [6.45, 7) is 0.606. The SMILES string of the molecule is NC(=S)c1ccc(Cl)cc1OCC1Cc2ccccc2S1. The zero-order valence-electron chi connectivity index (χ0n) is 11.2. The Morgan fingerprint density at radius 3 is 2.90 bits per heavy atom. The first-order valence-electron chi connectivity index (χ1n) is 6.60. The maximum absolute atomic E-state index is 6.02. The molecule has 2 N–H and O–H groups in total. The Bertz CT molecular complexity index is 665. The summed E-state index contributed by atoms with van der Waals surface area (Å²) in [5.41, 5.74) is 7.84. The van der Waals surface area contributed by atoms with Crippen LogP contribution in [0.2, 0.25) is 5.02 Å². The zero-order chi connectivity index (χ0) is 14.8. The third-order valence-corrected chi connectivity index (χ3v) is 5.09. The fourth-order valence-electron chi connectivity index (χ4n) is 2.35. The highest BCUT2D eigenvalue weighted by molar-refractivity contribution is 8.00. The van der Waals surface area contributed by atoms with Gasteiger partial charge in [0.25, 0.3) is 0 Å². The molecular weight excluding hydrogens is 322 g/mol. The molecule has 0 radical (unpaired) electrons. The maximum atomic E-state index is 6.02. The molecule has 1 aliphatic rings. The highest BCUT2D eigenvalue weighted by Gasteiger charge is 2.22. The Morgan fingerprint density at radius 2 is 2.14 bits per heavy atom. The molecule has 1 aliphatic heterocycles. The number of thioether (sulfide) groups is 1. The van der Waals surface area contributed by atoms with Crippen molar-refractivity contribution in [3.05, 3.63) is 58.6 Å². The van der Waals surface area contributed by atoms with Gasteiger partial charge in [-0.15, -0.1) is 11.8 Å². The molecule has 0 bridgehead atoms. The van der Waals surface area contributed by atoms with Crippen LogP contribution in [0.25, 0.3) is 0 Å². The quantitative estimate of drug-likeness (QED) is 0.854. The monoisotopic (exact) mass is 335 g/mol. The molecule has 1 unspecified atom stereocenters. The lowest BCUT2D eigenvalue weighted by Gasteiger charge is -2.14. The lowest BCUT2D eigenvalue weighted by atomic mass is 10.1. The highest BCUT2D eigenvalue weighted by Crippen LogP contribution is 2.37. The maximum Gasteiger partial charge on any atom is 0.131 e. The first kappa shape index (κ1) is 14.7. The van der Waals surface area contributed by atoms with Crippen molar-refractivity contribution in [3.8, 4) is 5.75 Å². The van der Waals surface area contributed by atoms with E-state index >= 15 is 0 Å². The van der Waals surface area contributed by atoms with Crippen LogP contribution in [0.15, 0.2) is 47.4 Å². The van der Waals surface area contributed by atoms with Crippen molar-refractivity contribution in [1.82, 2.24) is 0 Å². The third-order valence-electron chi connectivity index (χ3n) is 3.35. The summed E-state index contributed by atoms with van der Waals surface area (Å²) in [4.78, 5) is 1.66. The second-order valence-corrected chi connectivity index (χ2v) is 7.09. The van der Waals surface area contributed by atoms with E-state index in [4.69, 9.17) is 34.3 Å². The van der Waals surface area contributed by atoms with E-state index in [9.17, 15) is 0 Å². The Kier molecular flexibility index (Phi) is 4.38. The molecule has 0 saturated carbocycles. The first-order valence-corrected chi connectivity index (χ1v) is 8.27. The van der Waals surface area contributed by atoms with Gasteiger partial charge in [0, 0.05) is 15.2 Å². The smallest absolute Gasteiger partial charge is 0.131 e. The minimum absolute atomic E-state index is 0.323. The Balaban J connectivity index is 1.69. The first-order chi connectivity index (χ1) is 10.1. The largest absolute Gasteiger partial charge is 0.492 e. The Hall–Kier alpha value is -1.23. The predicted molar refractivity (Wildman–Crippen MR) is 92.6 cm³/mol. The van der Waals surface area contributed by atoms with Crippen molar-refractivity contribution in [1.29, 1.82) is 0 Å². The van der Waals surface area contributed by atoms with Crippen molar-refractivity contribution >= 4 is 40.6 Å². The average Bonchev–Trinajstić information content (AvgIpc) is 2.87. The second-order valence-electron chi connectivity index (χ2n) is 4.87. The second kappa shape index (κ2) is 6.26. The summed E-state index contributed by atoms with van der Waals surface area (Å²) < 4.78 is 5.92. The summed E-state index contributed by atoms with van der Waals surface area (Å²) in [5.74, 6) is 0.659. The summed E-state index contributed by atoms with van der Waals surface area (Å²) >= 11 is 12.9. The van der Waals surface area contributed by atoms with Gasteiger partial charge in [-0.25, -0.2) is 0 Å². The molecule has 0 aliphatic carbocycles. The van der Waals surface area contributed by atoms with Crippen LogP contribution in [0.5, 0.6) is 5.75 Å². The molecule has 3 rings (SSSR count). The van der Waals surface area contributed by atoms with Crippen molar-refractivity contribution < 1.29 is 4.74 Å². The number of nitrogens with two attached hydrogens (primary N) is 1. The lowest BCUT2D eigenvalue weighted by Crippen LogP contribution is -2.17. The summed E-state index contributed by atoms with van der Waals surface area (Å²) in [5, 5.41) is 1.02. The minimum Gasteiger partial charge on any atom is -0.492 e. The Labute approximate surface area is 138 Å². The van der Waals surface area contributed by atoms with Crippen LogP contribution in [0, 0.1) is 0 Å². The van der Waals surface area contributed by atoms with Crippen LogP contribution in [-0.4, -0.2) is 16.8 Å². The van der Waals surface area contributed by atoms with Crippen molar-refractivity contribution in [2.24, 2.45) is 5.73 Å². The van der Waals surface area contributed by atoms with Gasteiger partial charge in [-0.3, -0.25) is 0 Å². The van der Waals surface area contributed by atoms with Gasteiger partial charge in [0.05, 0.1) is 5.56 Å². The number of hydrogen-bond donors (Lipinski definition) is 1. The predicted octanol–water partition coefficient (Wildman–Crippen LogP) is 4.07. The molecule has 0 fully saturated rings. The van der Waals surface area contributed by atoms with E-state index in [1.165, 1.54) is 10.5 Å². The molecule has 5 heteroatoms. The van der Waals surface area contributed by atoms with E-state index < -0.39 is 0 Å². The summed E-state index contributed by atoms with van der Waals surface area (Å²) in [7, 11) is 0. The molecule has 21 heavy (non-hydrogen) atoms. The molecular formula is C16H14ClNOS2. The van der Waals surface area contributed by atoms with E-state index in [2.05, 4.69) is 24.3 Å². The van der Waals surface area contributed by atoms with Gasteiger partial charge in [0.1, 0.15) is 17.3 Å². The molecule has 108 valence electrons. The number of fused-ring (bicyclic) bond motifs is 1. The molecule has 1 heterocycles. The van der Waals surface area contributed by atoms with Crippen molar-refractivity contribution in [2.45, 2.75) is 16.6 Å². The number of benzene rings is 2. The molecule has 0 aromatic heterocycles. The normalized spacial score (nSPS) is 16.5. The molecule has 1 atom stereocenters. The van der Waals surface area contributed by atoms with Gasteiger partial charge in [0.2, 0.25) is 0 Å². The van der Waals surface area contributed by atoms with Crippen LogP contribution in [-0.2, 0) is 6.42 Å². The van der Waals surface area contributed by atoms with Gasteiger partial charge < -0.3 is 10.5 Å². The standard InChI is InChI=1S/C16H14ClNOS2/c17-11-5-6-13(16(18)20)14(8-11)19-9-12-7-10-3-1-2-4-15(10)21-12/h1-6,8,12H,7,9H2,(H2,18,20). The Morgan fingerprint density at radius 1 is 1.33 bits per heavy atom. The van der Waals surface area contributed by atoms with E-state index in [1.807, 2.05) is 11.8 Å². The number of halogens is 1. The molecule has 2 aromatic carbocycles. The van der Waals surface area contributed by atoms with Crippen LogP contribution < -0.4 is 10.5 Å². The van der Waals surface area contributed by atoms with Gasteiger partial charge in [0.15, 0.2) is 0 Å². The molecule has 2 aromatic rings. The molecule has 0 spiro atoms. The van der Waals surface area contributed by atoms with Crippen molar-refractivity contribution in [3.63, 3.8) is 0 Å². The third kappa shape index (κ3) is 3.34. The van der Waals surface area contributed by atoms with Gasteiger partial charge in [-0.05, 0) is 36.2 Å². The fourth-order valence-corrected chi connectivity index (χ4v) is 3.90. The molecule has 0 saturated heterocycles. The number of hydrogen-bond acceptors (Lipinski definition) is 3. The zero-order valence-corrected chi connectivity index (χ0v) is 13.6.